The molecular formula is C14H19N3O4. The van der Waals surface area contributed by atoms with Gasteiger partial charge in [0, 0.05) is 12.1 Å². The molecule has 0 heterocycles. The Morgan fingerprint density at radius 3 is 2.52 bits per heavy atom. The van der Waals surface area contributed by atoms with E-state index in [1.165, 1.54) is 18.6 Å². The maximum Gasteiger partial charge on any atom is 0.299 e. The molecule has 1 aliphatic carbocycles. The summed E-state index contributed by atoms with van der Waals surface area (Å²) in [4.78, 5) is 20.7. The number of non-ortho nitro benzene ring substituents is 1. The zero-order valence-electron chi connectivity index (χ0n) is 11.9. The van der Waals surface area contributed by atoms with Crippen molar-refractivity contribution in [1.29, 1.82) is 0 Å². The highest BCUT2D eigenvalue weighted by atomic mass is 16.6. The maximum atomic E-state index is 11.1. The van der Waals surface area contributed by atoms with Gasteiger partial charge >= 0.3 is 0 Å². The fourth-order valence-electron chi connectivity index (χ4n) is 2.99. The molecule has 2 atom stereocenters. The molecule has 0 radical (unpaired) electrons. The monoisotopic (exact) mass is 293 g/mol. The topological polar surface area (TPSA) is 98.3 Å². The van der Waals surface area contributed by atoms with Gasteiger partial charge in [-0.25, -0.2) is 0 Å². The molecule has 0 saturated heterocycles. The number of benzene rings is 1. The van der Waals surface area contributed by atoms with Gasteiger partial charge in [0.05, 0.1) is 15.9 Å². The highest BCUT2D eigenvalue weighted by Crippen LogP contribution is 2.34. The van der Waals surface area contributed by atoms with E-state index in [1.54, 1.807) is 0 Å². The average molecular weight is 293 g/mol. The zero-order chi connectivity index (χ0) is 15.4. The van der Waals surface area contributed by atoms with E-state index in [0.717, 1.165) is 31.7 Å². The number of hydrogen-bond donors (Lipinski definition) is 1. The summed E-state index contributed by atoms with van der Waals surface area (Å²) >= 11 is 0. The molecule has 114 valence electrons. The van der Waals surface area contributed by atoms with Crippen molar-refractivity contribution in [3.63, 3.8) is 0 Å². The van der Waals surface area contributed by atoms with Crippen LogP contribution in [0.15, 0.2) is 18.2 Å². The molecule has 0 spiro atoms. The summed E-state index contributed by atoms with van der Waals surface area (Å²) < 4.78 is 0. The summed E-state index contributed by atoms with van der Waals surface area (Å²) in [5.41, 5.74) is -0.122. The number of nitro benzene ring substituents is 2. The van der Waals surface area contributed by atoms with E-state index in [1.807, 2.05) is 0 Å². The van der Waals surface area contributed by atoms with Gasteiger partial charge in [0.15, 0.2) is 0 Å². The van der Waals surface area contributed by atoms with Crippen LogP contribution in [0, 0.1) is 26.1 Å². The standard InChI is InChI=1S/C14H19N3O4/c1-2-10-5-3-4-6-12(10)15-13-8-7-11(16(18)19)9-14(13)17(20)21/h7-10,12,15H,2-6H2,1H3. The number of nitrogens with zero attached hydrogens (tertiary/aromatic N) is 2. The van der Waals surface area contributed by atoms with Crippen LogP contribution in [-0.2, 0) is 0 Å². The van der Waals surface area contributed by atoms with E-state index >= 15 is 0 Å². The van der Waals surface area contributed by atoms with Gasteiger partial charge in [-0.3, -0.25) is 20.2 Å². The first kappa shape index (κ1) is 15.2. The number of rotatable bonds is 5. The van der Waals surface area contributed by atoms with Crippen LogP contribution in [0.25, 0.3) is 0 Å². The Kier molecular flexibility index (Phi) is 4.72. The Morgan fingerprint density at radius 1 is 1.19 bits per heavy atom. The molecule has 1 aromatic carbocycles. The molecule has 1 N–H and O–H groups in total. The highest BCUT2D eigenvalue weighted by Gasteiger charge is 2.27. The Morgan fingerprint density at radius 2 is 1.90 bits per heavy atom. The lowest BCUT2D eigenvalue weighted by Gasteiger charge is -2.32. The number of nitrogens with one attached hydrogen (secondary N) is 1. The quantitative estimate of drug-likeness (QED) is 0.656. The summed E-state index contributed by atoms with van der Waals surface area (Å²) in [5.74, 6) is 0.494. The Labute approximate surface area is 122 Å². The number of nitro groups is 2. The molecule has 0 aromatic heterocycles. The summed E-state index contributed by atoms with van der Waals surface area (Å²) in [7, 11) is 0. The molecule has 1 aliphatic rings. The molecule has 7 nitrogen and oxygen atoms in total. The van der Waals surface area contributed by atoms with Crippen LogP contribution >= 0.6 is 0 Å². The van der Waals surface area contributed by atoms with Crippen molar-refractivity contribution in [2.45, 2.75) is 45.1 Å². The minimum absolute atomic E-state index is 0.198. The van der Waals surface area contributed by atoms with Crippen molar-refractivity contribution in [3.8, 4) is 0 Å². The number of hydrogen-bond acceptors (Lipinski definition) is 5. The Hall–Kier alpha value is -2.18. The van der Waals surface area contributed by atoms with Crippen molar-refractivity contribution in [2.24, 2.45) is 5.92 Å². The van der Waals surface area contributed by atoms with Crippen molar-refractivity contribution >= 4 is 17.1 Å². The largest absolute Gasteiger partial charge is 0.376 e. The lowest BCUT2D eigenvalue weighted by Crippen LogP contribution is -2.32. The lowest BCUT2D eigenvalue weighted by atomic mass is 9.83. The fourth-order valence-corrected chi connectivity index (χ4v) is 2.99. The minimum atomic E-state index is -0.619. The average Bonchev–Trinajstić information content (AvgIpc) is 2.47. The van der Waals surface area contributed by atoms with Crippen LogP contribution in [0.3, 0.4) is 0 Å². The van der Waals surface area contributed by atoms with Crippen LogP contribution in [0.2, 0.25) is 0 Å². The molecule has 2 unspecified atom stereocenters. The van der Waals surface area contributed by atoms with Gasteiger partial charge in [0.25, 0.3) is 11.4 Å². The van der Waals surface area contributed by atoms with Crippen LogP contribution in [0.4, 0.5) is 17.1 Å². The molecule has 1 fully saturated rings. The molecule has 1 aromatic rings. The second-order valence-corrected chi connectivity index (χ2v) is 5.42. The van der Waals surface area contributed by atoms with E-state index in [4.69, 9.17) is 0 Å². The molecule has 0 bridgehead atoms. The van der Waals surface area contributed by atoms with Crippen molar-refractivity contribution in [2.75, 3.05) is 5.32 Å². The van der Waals surface area contributed by atoms with E-state index < -0.39 is 9.85 Å². The van der Waals surface area contributed by atoms with E-state index in [-0.39, 0.29) is 17.4 Å². The van der Waals surface area contributed by atoms with Gasteiger partial charge in [-0.1, -0.05) is 26.2 Å². The van der Waals surface area contributed by atoms with Crippen LogP contribution in [0.5, 0.6) is 0 Å². The van der Waals surface area contributed by atoms with Gasteiger partial charge < -0.3 is 5.32 Å². The van der Waals surface area contributed by atoms with Gasteiger partial charge in [-0.15, -0.1) is 0 Å². The van der Waals surface area contributed by atoms with E-state index in [9.17, 15) is 20.2 Å². The Bertz CT molecular complexity index is 547. The predicted molar refractivity (Wildman–Crippen MR) is 79.4 cm³/mol. The van der Waals surface area contributed by atoms with Crippen LogP contribution in [-0.4, -0.2) is 15.9 Å². The van der Waals surface area contributed by atoms with Crippen molar-refractivity contribution < 1.29 is 9.85 Å². The number of anilines is 1. The second-order valence-electron chi connectivity index (χ2n) is 5.42. The normalized spacial score (nSPS) is 21.8. The molecule has 21 heavy (non-hydrogen) atoms. The molecule has 2 rings (SSSR count). The highest BCUT2D eigenvalue weighted by molar-refractivity contribution is 5.65. The fraction of sp³-hybridized carbons (Fsp3) is 0.571. The first-order valence-corrected chi connectivity index (χ1v) is 7.22. The van der Waals surface area contributed by atoms with Gasteiger partial charge in [-0.2, -0.15) is 0 Å². The van der Waals surface area contributed by atoms with Gasteiger partial charge in [0.1, 0.15) is 5.69 Å². The van der Waals surface area contributed by atoms with Gasteiger partial charge in [-0.05, 0) is 24.8 Å². The molecular weight excluding hydrogens is 274 g/mol. The van der Waals surface area contributed by atoms with E-state index in [2.05, 4.69) is 12.2 Å². The maximum absolute atomic E-state index is 11.1. The van der Waals surface area contributed by atoms with Crippen LogP contribution in [0.1, 0.15) is 39.0 Å². The molecule has 0 aliphatic heterocycles. The predicted octanol–water partition coefficient (Wildman–Crippen LogP) is 3.88. The van der Waals surface area contributed by atoms with Crippen LogP contribution < -0.4 is 5.32 Å². The molecule has 7 heteroatoms. The first-order valence-electron chi connectivity index (χ1n) is 7.22. The van der Waals surface area contributed by atoms with Crippen molar-refractivity contribution in [1.82, 2.24) is 0 Å². The van der Waals surface area contributed by atoms with E-state index in [0.29, 0.717) is 11.6 Å². The third-order valence-electron chi connectivity index (χ3n) is 4.16. The molecule has 1 saturated carbocycles. The second kappa shape index (κ2) is 6.51. The van der Waals surface area contributed by atoms with Gasteiger partial charge in [0.2, 0.25) is 0 Å². The third kappa shape index (κ3) is 3.48. The summed E-state index contributed by atoms with van der Waals surface area (Å²) in [6.45, 7) is 2.12. The first-order chi connectivity index (χ1) is 10.0. The minimum Gasteiger partial charge on any atom is -0.376 e. The lowest BCUT2D eigenvalue weighted by molar-refractivity contribution is -0.393. The zero-order valence-corrected chi connectivity index (χ0v) is 11.9. The summed E-state index contributed by atoms with van der Waals surface area (Å²) in [5, 5.41) is 25.1. The summed E-state index contributed by atoms with van der Waals surface area (Å²) in [6, 6.07) is 3.96. The SMILES string of the molecule is CCC1CCCCC1Nc1ccc([N+](=O)[O-])cc1[N+](=O)[O-]. The molecule has 0 amide bonds. The summed E-state index contributed by atoms with van der Waals surface area (Å²) in [6.07, 6.45) is 5.42. The Balaban J connectivity index is 2.26. The smallest absolute Gasteiger partial charge is 0.299 e. The van der Waals surface area contributed by atoms with Crippen molar-refractivity contribution in [3.05, 3.63) is 38.4 Å². The third-order valence-corrected chi connectivity index (χ3v) is 4.16.